The molecule has 0 aliphatic carbocycles. The third-order valence-electron chi connectivity index (χ3n) is 3.09. The molecule has 0 aliphatic heterocycles. The van der Waals surface area contributed by atoms with E-state index in [1.165, 1.54) is 15.6 Å². The zero-order chi connectivity index (χ0) is 14.9. The normalized spacial score (nSPS) is 11.6. The maximum Gasteiger partial charge on any atom is 0.265 e. The highest BCUT2D eigenvalue weighted by Crippen LogP contribution is 2.30. The molecule has 108 valence electrons. The van der Waals surface area contributed by atoms with E-state index in [2.05, 4.69) is 0 Å². The van der Waals surface area contributed by atoms with Crippen molar-refractivity contribution in [2.45, 2.75) is 24.6 Å². The number of hydrogen-bond donors (Lipinski definition) is 0. The number of halogens is 1. The Morgan fingerprint density at radius 3 is 2.30 bits per heavy atom. The van der Waals surface area contributed by atoms with Gasteiger partial charge in [0.1, 0.15) is 4.90 Å². The topological polar surface area (TPSA) is 37.4 Å². The third kappa shape index (κ3) is 2.85. The molecule has 6 heteroatoms. The van der Waals surface area contributed by atoms with Crippen LogP contribution in [0.15, 0.2) is 35.2 Å². The van der Waals surface area contributed by atoms with Gasteiger partial charge in [-0.2, -0.15) is 0 Å². The standard InChI is InChI=1S/C14H16ClNO2S2/c1-10-4-6-12(7-5-10)16(3)20(17,18)14-8-13(9-15)19-11(14)2/h4-8H,9H2,1-3H3. The van der Waals surface area contributed by atoms with E-state index in [1.54, 1.807) is 32.2 Å². The lowest BCUT2D eigenvalue weighted by molar-refractivity contribution is 0.594. The number of aryl methyl sites for hydroxylation is 2. The zero-order valence-corrected chi connectivity index (χ0v) is 13.9. The van der Waals surface area contributed by atoms with E-state index < -0.39 is 10.0 Å². The molecule has 2 aromatic rings. The Bertz CT molecular complexity index is 705. The van der Waals surface area contributed by atoms with Crippen LogP contribution >= 0.6 is 22.9 Å². The Hall–Kier alpha value is -1.04. The molecule has 0 saturated carbocycles. The Morgan fingerprint density at radius 1 is 1.20 bits per heavy atom. The van der Waals surface area contributed by atoms with Crippen molar-refractivity contribution >= 4 is 38.6 Å². The minimum Gasteiger partial charge on any atom is -0.269 e. The lowest BCUT2D eigenvalue weighted by atomic mass is 10.2. The van der Waals surface area contributed by atoms with E-state index in [9.17, 15) is 8.42 Å². The molecule has 3 nitrogen and oxygen atoms in total. The molecule has 20 heavy (non-hydrogen) atoms. The molecular formula is C14H16ClNO2S2. The molecule has 0 saturated heterocycles. The van der Waals surface area contributed by atoms with E-state index in [0.717, 1.165) is 15.3 Å². The molecule has 0 N–H and O–H groups in total. The first-order chi connectivity index (χ1) is 9.36. The van der Waals surface area contributed by atoms with Crippen LogP contribution in [0.1, 0.15) is 15.3 Å². The maximum atomic E-state index is 12.7. The monoisotopic (exact) mass is 329 g/mol. The second kappa shape index (κ2) is 5.76. The number of hydrogen-bond acceptors (Lipinski definition) is 3. The first-order valence-electron chi connectivity index (χ1n) is 6.07. The Labute approximate surface area is 128 Å². The summed E-state index contributed by atoms with van der Waals surface area (Å²) in [5, 5.41) is 0. The summed E-state index contributed by atoms with van der Waals surface area (Å²) < 4.78 is 26.6. The molecule has 0 amide bonds. The summed E-state index contributed by atoms with van der Waals surface area (Å²) in [7, 11) is -1.97. The number of nitrogens with zero attached hydrogens (tertiary/aromatic N) is 1. The predicted octanol–water partition coefficient (Wildman–Crippen LogP) is 3.93. The molecule has 1 heterocycles. The Kier molecular flexibility index (Phi) is 4.42. The SMILES string of the molecule is Cc1ccc(N(C)S(=O)(=O)c2cc(CCl)sc2C)cc1. The molecular weight excluding hydrogens is 314 g/mol. The Balaban J connectivity index is 2.43. The number of anilines is 1. The minimum atomic E-state index is -3.54. The molecule has 0 aliphatic rings. The first-order valence-corrected chi connectivity index (χ1v) is 8.86. The summed E-state index contributed by atoms with van der Waals surface area (Å²) in [5.41, 5.74) is 1.74. The highest BCUT2D eigenvalue weighted by atomic mass is 35.5. The smallest absolute Gasteiger partial charge is 0.265 e. The van der Waals surface area contributed by atoms with Gasteiger partial charge < -0.3 is 0 Å². The van der Waals surface area contributed by atoms with Crippen LogP contribution < -0.4 is 4.31 Å². The first kappa shape index (κ1) is 15.4. The maximum absolute atomic E-state index is 12.7. The summed E-state index contributed by atoms with van der Waals surface area (Å²) >= 11 is 7.20. The van der Waals surface area contributed by atoms with Gasteiger partial charge in [-0.1, -0.05) is 17.7 Å². The summed E-state index contributed by atoms with van der Waals surface area (Å²) in [4.78, 5) is 1.96. The third-order valence-corrected chi connectivity index (χ3v) is 6.63. The van der Waals surface area contributed by atoms with Crippen molar-refractivity contribution in [1.29, 1.82) is 0 Å². The van der Waals surface area contributed by atoms with E-state index in [1.807, 2.05) is 19.1 Å². The van der Waals surface area contributed by atoms with Crippen molar-refractivity contribution in [3.63, 3.8) is 0 Å². The van der Waals surface area contributed by atoms with Crippen LogP contribution in [0.4, 0.5) is 5.69 Å². The summed E-state index contributed by atoms with van der Waals surface area (Å²) in [6, 6.07) is 9.05. The van der Waals surface area contributed by atoms with Crippen LogP contribution in [0.5, 0.6) is 0 Å². The van der Waals surface area contributed by atoms with Gasteiger partial charge >= 0.3 is 0 Å². The average Bonchev–Trinajstić information content (AvgIpc) is 2.81. The lowest BCUT2D eigenvalue weighted by Crippen LogP contribution is -2.26. The van der Waals surface area contributed by atoms with Crippen LogP contribution in [0.3, 0.4) is 0 Å². The molecule has 1 aromatic heterocycles. The summed E-state index contributed by atoms with van der Waals surface area (Å²) in [5.74, 6) is 0.329. The molecule has 0 spiro atoms. The molecule has 0 bridgehead atoms. The molecule has 0 radical (unpaired) electrons. The fourth-order valence-electron chi connectivity index (χ4n) is 1.89. The van der Waals surface area contributed by atoms with Crippen molar-refractivity contribution in [2.75, 3.05) is 11.4 Å². The number of sulfonamides is 1. The molecule has 0 fully saturated rings. The minimum absolute atomic E-state index is 0.329. The summed E-state index contributed by atoms with van der Waals surface area (Å²) in [6.45, 7) is 3.77. The van der Waals surface area contributed by atoms with Crippen LogP contribution in [0.2, 0.25) is 0 Å². The van der Waals surface area contributed by atoms with Gasteiger partial charge in [-0.25, -0.2) is 8.42 Å². The van der Waals surface area contributed by atoms with E-state index in [0.29, 0.717) is 16.5 Å². The van der Waals surface area contributed by atoms with Gasteiger partial charge in [0.2, 0.25) is 0 Å². The highest BCUT2D eigenvalue weighted by molar-refractivity contribution is 7.93. The second-order valence-electron chi connectivity index (χ2n) is 4.57. The van der Waals surface area contributed by atoms with Gasteiger partial charge in [0.15, 0.2) is 0 Å². The average molecular weight is 330 g/mol. The largest absolute Gasteiger partial charge is 0.269 e. The number of benzene rings is 1. The van der Waals surface area contributed by atoms with Gasteiger partial charge in [-0.15, -0.1) is 22.9 Å². The van der Waals surface area contributed by atoms with Gasteiger partial charge in [-0.05, 0) is 32.0 Å². The number of alkyl halides is 1. The summed E-state index contributed by atoms with van der Waals surface area (Å²) in [6.07, 6.45) is 0. The Morgan fingerprint density at radius 2 is 1.80 bits per heavy atom. The highest BCUT2D eigenvalue weighted by Gasteiger charge is 2.25. The van der Waals surface area contributed by atoms with E-state index in [4.69, 9.17) is 11.6 Å². The second-order valence-corrected chi connectivity index (χ2v) is 8.12. The van der Waals surface area contributed by atoms with Crippen LogP contribution in [-0.4, -0.2) is 15.5 Å². The fraction of sp³-hybridized carbons (Fsp3) is 0.286. The van der Waals surface area contributed by atoms with Gasteiger partial charge in [0.25, 0.3) is 10.0 Å². The number of thiophene rings is 1. The lowest BCUT2D eigenvalue weighted by Gasteiger charge is -2.19. The van der Waals surface area contributed by atoms with Crippen molar-refractivity contribution in [3.8, 4) is 0 Å². The van der Waals surface area contributed by atoms with Gasteiger partial charge in [-0.3, -0.25) is 4.31 Å². The zero-order valence-electron chi connectivity index (χ0n) is 11.6. The molecule has 0 atom stereocenters. The van der Waals surface area contributed by atoms with Crippen LogP contribution in [0.25, 0.3) is 0 Å². The van der Waals surface area contributed by atoms with Crippen molar-refractivity contribution < 1.29 is 8.42 Å². The molecule has 1 aromatic carbocycles. The predicted molar refractivity (Wildman–Crippen MR) is 85.4 cm³/mol. The van der Waals surface area contributed by atoms with Crippen molar-refractivity contribution in [3.05, 3.63) is 45.6 Å². The number of rotatable bonds is 4. The van der Waals surface area contributed by atoms with E-state index in [-0.39, 0.29) is 0 Å². The molecule has 0 unspecified atom stereocenters. The van der Waals surface area contributed by atoms with Crippen molar-refractivity contribution in [2.24, 2.45) is 0 Å². The quantitative estimate of drug-likeness (QED) is 0.797. The van der Waals surface area contributed by atoms with E-state index >= 15 is 0 Å². The van der Waals surface area contributed by atoms with Gasteiger partial charge in [0, 0.05) is 16.8 Å². The van der Waals surface area contributed by atoms with Crippen molar-refractivity contribution in [1.82, 2.24) is 0 Å². The fourth-order valence-corrected chi connectivity index (χ4v) is 4.78. The van der Waals surface area contributed by atoms with Crippen LogP contribution in [-0.2, 0) is 15.9 Å². The van der Waals surface area contributed by atoms with Gasteiger partial charge in [0.05, 0.1) is 11.6 Å². The van der Waals surface area contributed by atoms with Crippen LogP contribution in [0, 0.1) is 13.8 Å². The molecule has 2 rings (SSSR count).